The maximum absolute atomic E-state index is 12.3. The molecule has 1 aromatic carbocycles. The van der Waals surface area contributed by atoms with E-state index in [1.54, 1.807) is 48.2 Å². The fourth-order valence-electron chi connectivity index (χ4n) is 2.59. The maximum Gasteiger partial charge on any atom is 0.271 e. The molecule has 0 radical (unpaired) electrons. The number of rotatable bonds is 5. The number of fused-ring (bicyclic) bond motifs is 1. The Labute approximate surface area is 164 Å². The molecule has 0 bridgehead atoms. The van der Waals surface area contributed by atoms with Crippen LogP contribution in [0.4, 0.5) is 0 Å². The van der Waals surface area contributed by atoms with Crippen LogP contribution < -0.4 is 14.8 Å². The normalized spacial score (nSPS) is 15.2. The van der Waals surface area contributed by atoms with Crippen LogP contribution in [0.3, 0.4) is 0 Å². The Balaban J connectivity index is 1.31. The summed E-state index contributed by atoms with van der Waals surface area (Å²) in [6.07, 6.45) is 0.662. The average molecular weight is 400 g/mol. The molecule has 2 aromatic heterocycles. The van der Waals surface area contributed by atoms with E-state index in [0.29, 0.717) is 28.2 Å². The zero-order valence-electron chi connectivity index (χ0n) is 14.8. The first-order valence-corrected chi connectivity index (χ1v) is 9.38. The van der Waals surface area contributed by atoms with Crippen molar-refractivity contribution < 1.29 is 23.5 Å². The first-order valence-electron chi connectivity index (χ1n) is 8.40. The summed E-state index contributed by atoms with van der Waals surface area (Å²) >= 11 is 1.16. The lowest BCUT2D eigenvalue weighted by molar-refractivity contribution is -0.135. The molecule has 10 heteroatoms. The van der Waals surface area contributed by atoms with E-state index in [1.165, 1.54) is 0 Å². The quantitative estimate of drug-likeness (QED) is 0.644. The van der Waals surface area contributed by atoms with Crippen LogP contribution in [0.2, 0.25) is 0 Å². The van der Waals surface area contributed by atoms with Crippen molar-refractivity contribution >= 4 is 23.6 Å². The van der Waals surface area contributed by atoms with Crippen LogP contribution in [0.15, 0.2) is 52.2 Å². The minimum absolute atomic E-state index is 0.0000320. The van der Waals surface area contributed by atoms with E-state index in [-0.39, 0.29) is 12.4 Å². The van der Waals surface area contributed by atoms with Gasteiger partial charge in [0.05, 0.1) is 12.0 Å². The molecule has 28 heavy (non-hydrogen) atoms. The molecule has 1 atom stereocenters. The van der Waals surface area contributed by atoms with Gasteiger partial charge in [-0.05, 0) is 24.3 Å². The monoisotopic (exact) mass is 400 g/mol. The first-order chi connectivity index (χ1) is 13.6. The van der Waals surface area contributed by atoms with E-state index in [4.69, 9.17) is 13.9 Å². The van der Waals surface area contributed by atoms with Crippen molar-refractivity contribution in [3.05, 3.63) is 42.7 Å². The Hall–Kier alpha value is -3.27. The lowest BCUT2D eigenvalue weighted by Crippen LogP contribution is -2.46. The van der Waals surface area contributed by atoms with Crippen LogP contribution in [-0.2, 0) is 16.6 Å². The Morgan fingerprint density at radius 2 is 2.04 bits per heavy atom. The predicted octanol–water partition coefficient (Wildman–Crippen LogP) is 1.65. The Kier molecular flexibility index (Phi) is 5.02. The Bertz CT molecular complexity index is 1000. The molecule has 0 aliphatic carbocycles. The fourth-order valence-corrected chi connectivity index (χ4v) is 3.30. The number of nitrogens with one attached hydrogen (secondary N) is 1. The van der Waals surface area contributed by atoms with Gasteiger partial charge in [0.1, 0.15) is 6.61 Å². The second kappa shape index (κ2) is 7.77. The SMILES string of the molecule is Cn1c(SCC(=O)NC(=O)[C@H]2COc3ccccc3O2)nnc1-c1ccco1. The van der Waals surface area contributed by atoms with E-state index in [1.807, 2.05) is 6.07 Å². The van der Waals surface area contributed by atoms with Crippen LogP contribution >= 0.6 is 11.8 Å². The highest BCUT2D eigenvalue weighted by molar-refractivity contribution is 7.99. The summed E-state index contributed by atoms with van der Waals surface area (Å²) in [5, 5.41) is 11.0. The number of hydrogen-bond donors (Lipinski definition) is 1. The summed E-state index contributed by atoms with van der Waals surface area (Å²) in [6.45, 7) is 0.0407. The molecule has 4 rings (SSSR count). The van der Waals surface area contributed by atoms with Gasteiger partial charge in [0.25, 0.3) is 5.91 Å². The smallest absolute Gasteiger partial charge is 0.271 e. The number of furan rings is 1. The molecule has 0 spiro atoms. The summed E-state index contributed by atoms with van der Waals surface area (Å²) in [5.74, 6) is 1.17. The lowest BCUT2D eigenvalue weighted by Gasteiger charge is -2.25. The van der Waals surface area contributed by atoms with Crippen molar-refractivity contribution in [2.45, 2.75) is 11.3 Å². The highest BCUT2D eigenvalue weighted by Gasteiger charge is 2.28. The van der Waals surface area contributed by atoms with Gasteiger partial charge in [-0.25, -0.2) is 0 Å². The summed E-state index contributed by atoms with van der Waals surface area (Å²) in [4.78, 5) is 24.4. The second-order valence-electron chi connectivity index (χ2n) is 5.91. The highest BCUT2D eigenvalue weighted by Crippen LogP contribution is 2.30. The number of nitrogens with zero attached hydrogens (tertiary/aromatic N) is 3. The minimum atomic E-state index is -0.885. The number of carbonyl (C=O) groups excluding carboxylic acids is 2. The maximum atomic E-state index is 12.3. The minimum Gasteiger partial charge on any atom is -0.485 e. The van der Waals surface area contributed by atoms with Crippen molar-refractivity contribution in [3.8, 4) is 23.1 Å². The van der Waals surface area contributed by atoms with Gasteiger partial charge < -0.3 is 18.5 Å². The summed E-state index contributed by atoms with van der Waals surface area (Å²) in [5.41, 5.74) is 0. The number of imide groups is 1. The van der Waals surface area contributed by atoms with Crippen LogP contribution in [0.1, 0.15) is 0 Å². The third-order valence-corrected chi connectivity index (χ3v) is 4.99. The van der Waals surface area contributed by atoms with Gasteiger partial charge in [-0.1, -0.05) is 23.9 Å². The van der Waals surface area contributed by atoms with Gasteiger partial charge in [-0.3, -0.25) is 14.9 Å². The molecule has 1 aliphatic heterocycles. The number of aromatic nitrogens is 3. The molecule has 0 saturated carbocycles. The van der Waals surface area contributed by atoms with Crippen molar-refractivity contribution in [1.82, 2.24) is 20.1 Å². The van der Waals surface area contributed by atoms with Gasteiger partial charge in [0.2, 0.25) is 12.0 Å². The topological polar surface area (TPSA) is 108 Å². The standard InChI is InChI=1S/C18H16N4O5S/c1-22-16(13-7-4-8-25-13)20-21-18(22)28-10-15(23)19-17(24)14-9-26-11-5-2-3-6-12(11)27-14/h2-8,14H,9-10H2,1H3,(H,19,23,24)/t14-/m1/s1. The van der Waals surface area contributed by atoms with Crippen molar-refractivity contribution in [1.29, 1.82) is 0 Å². The summed E-state index contributed by atoms with van der Waals surface area (Å²) in [6, 6.07) is 10.6. The number of amides is 2. The lowest BCUT2D eigenvalue weighted by atomic mass is 10.2. The van der Waals surface area contributed by atoms with E-state index in [2.05, 4.69) is 15.5 Å². The molecule has 1 N–H and O–H groups in total. The zero-order valence-corrected chi connectivity index (χ0v) is 15.6. The molecule has 3 heterocycles. The van der Waals surface area contributed by atoms with Crippen LogP contribution in [-0.4, -0.2) is 45.0 Å². The highest BCUT2D eigenvalue weighted by atomic mass is 32.2. The van der Waals surface area contributed by atoms with Crippen molar-refractivity contribution in [2.24, 2.45) is 7.05 Å². The molecule has 9 nitrogen and oxygen atoms in total. The van der Waals surface area contributed by atoms with E-state index < -0.39 is 17.9 Å². The van der Waals surface area contributed by atoms with E-state index in [0.717, 1.165) is 11.8 Å². The van der Waals surface area contributed by atoms with Gasteiger partial charge in [0.15, 0.2) is 28.2 Å². The molecule has 0 fully saturated rings. The molecule has 3 aromatic rings. The van der Waals surface area contributed by atoms with Crippen molar-refractivity contribution in [2.75, 3.05) is 12.4 Å². The Morgan fingerprint density at radius 3 is 2.82 bits per heavy atom. The van der Waals surface area contributed by atoms with Gasteiger partial charge in [-0.15, -0.1) is 10.2 Å². The number of carbonyl (C=O) groups is 2. The average Bonchev–Trinajstić information content (AvgIpc) is 3.35. The first kappa shape index (κ1) is 18.1. The number of para-hydroxylation sites is 2. The molecular weight excluding hydrogens is 384 g/mol. The third-order valence-electron chi connectivity index (χ3n) is 3.97. The molecule has 2 amide bonds. The van der Waals surface area contributed by atoms with Crippen LogP contribution in [0.25, 0.3) is 11.6 Å². The number of ether oxygens (including phenoxy) is 2. The Morgan fingerprint density at radius 1 is 1.21 bits per heavy atom. The van der Waals surface area contributed by atoms with Gasteiger partial charge in [0, 0.05) is 7.05 Å². The van der Waals surface area contributed by atoms with E-state index in [9.17, 15) is 9.59 Å². The largest absolute Gasteiger partial charge is 0.485 e. The summed E-state index contributed by atoms with van der Waals surface area (Å²) < 4.78 is 18.1. The number of benzene rings is 1. The van der Waals surface area contributed by atoms with Crippen molar-refractivity contribution in [3.63, 3.8) is 0 Å². The third kappa shape index (κ3) is 3.72. The summed E-state index contributed by atoms with van der Waals surface area (Å²) in [7, 11) is 1.77. The molecule has 0 unspecified atom stereocenters. The number of thioether (sulfide) groups is 1. The number of hydrogen-bond acceptors (Lipinski definition) is 8. The second-order valence-corrected chi connectivity index (χ2v) is 6.85. The van der Waals surface area contributed by atoms with Gasteiger partial charge in [-0.2, -0.15) is 0 Å². The van der Waals surface area contributed by atoms with Crippen LogP contribution in [0.5, 0.6) is 11.5 Å². The molecule has 144 valence electrons. The van der Waals surface area contributed by atoms with Crippen LogP contribution in [0, 0.1) is 0 Å². The molecular formula is C18H16N4O5S. The predicted molar refractivity (Wildman–Crippen MR) is 98.9 cm³/mol. The zero-order chi connectivity index (χ0) is 19.5. The molecule has 0 saturated heterocycles. The van der Waals surface area contributed by atoms with E-state index >= 15 is 0 Å². The molecule has 1 aliphatic rings. The van der Waals surface area contributed by atoms with Gasteiger partial charge >= 0.3 is 0 Å². The fraction of sp³-hybridized carbons (Fsp3) is 0.222.